The maximum Gasteiger partial charge on any atom is 0.242 e. The van der Waals surface area contributed by atoms with Gasteiger partial charge in [0.1, 0.15) is 6.54 Å². The number of carbonyl (C=O) groups excluding carboxylic acids is 1. The Kier molecular flexibility index (Phi) is 4.57. The summed E-state index contributed by atoms with van der Waals surface area (Å²) in [6.07, 6.45) is 3.49. The van der Waals surface area contributed by atoms with Gasteiger partial charge in [-0.25, -0.2) is 4.98 Å². The smallest absolute Gasteiger partial charge is 0.242 e. The molecular formula is C18H25N3OS. The summed E-state index contributed by atoms with van der Waals surface area (Å²) >= 11 is 1.66. The maximum absolute atomic E-state index is 12.7. The molecule has 0 saturated carbocycles. The molecule has 0 aliphatic carbocycles. The first kappa shape index (κ1) is 16.2. The molecule has 1 atom stereocenters. The van der Waals surface area contributed by atoms with Gasteiger partial charge in [-0.3, -0.25) is 4.79 Å². The molecular weight excluding hydrogens is 306 g/mol. The van der Waals surface area contributed by atoms with E-state index in [1.807, 2.05) is 6.92 Å². The number of aromatic nitrogens is 2. The monoisotopic (exact) mass is 331 g/mol. The minimum Gasteiger partial charge on any atom is -0.339 e. The molecule has 0 bridgehead atoms. The maximum atomic E-state index is 12.7. The van der Waals surface area contributed by atoms with E-state index in [2.05, 4.69) is 46.7 Å². The first-order valence-corrected chi connectivity index (χ1v) is 9.24. The van der Waals surface area contributed by atoms with Gasteiger partial charge in [-0.2, -0.15) is 0 Å². The van der Waals surface area contributed by atoms with Gasteiger partial charge in [0.05, 0.1) is 10.7 Å². The van der Waals surface area contributed by atoms with Crippen molar-refractivity contribution in [3.05, 3.63) is 27.8 Å². The molecule has 3 heterocycles. The molecule has 1 amide bonds. The molecule has 3 rings (SSSR count). The molecule has 2 aromatic rings. The van der Waals surface area contributed by atoms with Crippen LogP contribution >= 0.6 is 11.3 Å². The van der Waals surface area contributed by atoms with Crippen LogP contribution in [0.1, 0.15) is 42.6 Å². The highest BCUT2D eigenvalue weighted by Gasteiger charge is 2.24. The zero-order valence-corrected chi connectivity index (χ0v) is 15.2. The normalized spacial score (nSPS) is 18.4. The standard InChI is InChI=1S/C18H25N3OS/c1-12-7-5-6-8-20(12)18(22)10-21-13(2)9-16(14(21)3)17-11-23-15(4)19-17/h9,11-12H,5-8,10H2,1-4H3/t12-/m1/s1. The number of nitrogens with zero attached hydrogens (tertiary/aromatic N) is 3. The summed E-state index contributed by atoms with van der Waals surface area (Å²) in [6, 6.07) is 2.52. The lowest BCUT2D eigenvalue weighted by molar-refractivity contribution is -0.135. The lowest BCUT2D eigenvalue weighted by Gasteiger charge is -2.33. The zero-order valence-electron chi connectivity index (χ0n) is 14.4. The largest absolute Gasteiger partial charge is 0.339 e. The number of piperidine rings is 1. The summed E-state index contributed by atoms with van der Waals surface area (Å²) in [5.74, 6) is 0.236. The van der Waals surface area contributed by atoms with Crippen molar-refractivity contribution in [2.75, 3.05) is 6.54 Å². The van der Waals surface area contributed by atoms with Crippen molar-refractivity contribution in [2.45, 2.75) is 59.5 Å². The first-order chi connectivity index (χ1) is 11.0. The highest BCUT2D eigenvalue weighted by atomic mass is 32.1. The number of hydrogen-bond donors (Lipinski definition) is 0. The second-order valence-corrected chi connectivity index (χ2v) is 7.62. The summed E-state index contributed by atoms with van der Waals surface area (Å²) in [6.45, 7) is 9.68. The van der Waals surface area contributed by atoms with E-state index in [1.54, 1.807) is 11.3 Å². The van der Waals surface area contributed by atoms with Gasteiger partial charge in [-0.1, -0.05) is 0 Å². The van der Waals surface area contributed by atoms with Crippen LogP contribution in [0, 0.1) is 20.8 Å². The SMILES string of the molecule is Cc1nc(-c2cc(C)n(CC(=O)N3CCCC[C@H]3C)c2C)cs1. The van der Waals surface area contributed by atoms with E-state index in [4.69, 9.17) is 0 Å². The van der Waals surface area contributed by atoms with Crippen LogP contribution in [0.2, 0.25) is 0 Å². The molecule has 0 N–H and O–H groups in total. The van der Waals surface area contributed by atoms with E-state index < -0.39 is 0 Å². The number of thiazole rings is 1. The topological polar surface area (TPSA) is 38.1 Å². The predicted octanol–water partition coefficient (Wildman–Crippen LogP) is 3.94. The Morgan fingerprint density at radius 2 is 2.13 bits per heavy atom. The van der Waals surface area contributed by atoms with E-state index in [1.165, 1.54) is 6.42 Å². The number of likely N-dealkylation sites (tertiary alicyclic amines) is 1. The quantitative estimate of drug-likeness (QED) is 0.854. The van der Waals surface area contributed by atoms with Gasteiger partial charge in [0.2, 0.25) is 5.91 Å². The number of carbonyl (C=O) groups is 1. The van der Waals surface area contributed by atoms with E-state index in [9.17, 15) is 4.79 Å². The second kappa shape index (κ2) is 6.48. The predicted molar refractivity (Wildman–Crippen MR) is 94.8 cm³/mol. The summed E-state index contributed by atoms with van der Waals surface area (Å²) < 4.78 is 2.13. The summed E-state index contributed by atoms with van der Waals surface area (Å²) in [4.78, 5) is 19.4. The minimum absolute atomic E-state index is 0.236. The number of aryl methyl sites for hydroxylation is 2. The van der Waals surface area contributed by atoms with Crippen LogP contribution in [-0.4, -0.2) is 32.9 Å². The molecule has 0 unspecified atom stereocenters. The Balaban J connectivity index is 1.83. The van der Waals surface area contributed by atoms with Gasteiger partial charge < -0.3 is 9.47 Å². The molecule has 2 aromatic heterocycles. The van der Waals surface area contributed by atoms with Crippen LogP contribution in [-0.2, 0) is 11.3 Å². The third-order valence-electron chi connectivity index (χ3n) is 4.89. The van der Waals surface area contributed by atoms with E-state index in [0.29, 0.717) is 12.6 Å². The molecule has 1 saturated heterocycles. The van der Waals surface area contributed by atoms with Crippen LogP contribution < -0.4 is 0 Å². The number of rotatable bonds is 3. The molecule has 1 fully saturated rings. The van der Waals surface area contributed by atoms with Crippen molar-refractivity contribution in [3.63, 3.8) is 0 Å². The molecule has 0 radical (unpaired) electrons. The Labute approximate surface area is 142 Å². The van der Waals surface area contributed by atoms with Gasteiger partial charge in [-0.05, 0) is 53.0 Å². The summed E-state index contributed by atoms with van der Waals surface area (Å²) in [5, 5.41) is 3.17. The average molecular weight is 331 g/mol. The molecule has 0 aromatic carbocycles. The van der Waals surface area contributed by atoms with E-state index in [0.717, 1.165) is 47.0 Å². The fraction of sp³-hybridized carbons (Fsp3) is 0.556. The van der Waals surface area contributed by atoms with Crippen molar-refractivity contribution < 1.29 is 4.79 Å². The van der Waals surface area contributed by atoms with Gasteiger partial charge in [0.15, 0.2) is 0 Å². The van der Waals surface area contributed by atoms with E-state index in [-0.39, 0.29) is 5.91 Å². The Hall–Kier alpha value is -1.62. The summed E-state index contributed by atoms with van der Waals surface area (Å²) in [7, 11) is 0. The minimum atomic E-state index is 0.236. The molecule has 0 spiro atoms. The number of amides is 1. The third kappa shape index (κ3) is 3.20. The summed E-state index contributed by atoms with van der Waals surface area (Å²) in [5.41, 5.74) is 4.42. The zero-order chi connectivity index (χ0) is 16.6. The van der Waals surface area contributed by atoms with Gasteiger partial charge in [-0.15, -0.1) is 11.3 Å². The van der Waals surface area contributed by atoms with Crippen molar-refractivity contribution >= 4 is 17.2 Å². The molecule has 5 heteroatoms. The van der Waals surface area contributed by atoms with Crippen LogP contribution in [0.15, 0.2) is 11.4 Å². The van der Waals surface area contributed by atoms with Crippen LogP contribution in [0.5, 0.6) is 0 Å². The fourth-order valence-electron chi connectivity index (χ4n) is 3.49. The molecule has 4 nitrogen and oxygen atoms in total. The number of hydrogen-bond acceptors (Lipinski definition) is 3. The van der Waals surface area contributed by atoms with E-state index >= 15 is 0 Å². The lowest BCUT2D eigenvalue weighted by atomic mass is 10.0. The molecule has 1 aliphatic heterocycles. The Bertz CT molecular complexity index is 716. The highest BCUT2D eigenvalue weighted by molar-refractivity contribution is 7.09. The molecule has 1 aliphatic rings. The van der Waals surface area contributed by atoms with Gasteiger partial charge >= 0.3 is 0 Å². The highest BCUT2D eigenvalue weighted by Crippen LogP contribution is 2.28. The second-order valence-electron chi connectivity index (χ2n) is 6.55. The van der Waals surface area contributed by atoms with Crippen LogP contribution in [0.25, 0.3) is 11.3 Å². The third-order valence-corrected chi connectivity index (χ3v) is 5.66. The van der Waals surface area contributed by atoms with Gasteiger partial charge in [0.25, 0.3) is 0 Å². The van der Waals surface area contributed by atoms with Crippen molar-refractivity contribution in [1.29, 1.82) is 0 Å². The van der Waals surface area contributed by atoms with Crippen molar-refractivity contribution in [2.24, 2.45) is 0 Å². The van der Waals surface area contributed by atoms with Gasteiger partial charge in [0, 0.05) is 34.9 Å². The van der Waals surface area contributed by atoms with Crippen molar-refractivity contribution in [1.82, 2.24) is 14.5 Å². The fourth-order valence-corrected chi connectivity index (χ4v) is 4.10. The molecule has 124 valence electrons. The lowest BCUT2D eigenvalue weighted by Crippen LogP contribution is -2.43. The average Bonchev–Trinajstić information content (AvgIpc) is 3.06. The Morgan fingerprint density at radius 3 is 2.78 bits per heavy atom. The van der Waals surface area contributed by atoms with Crippen LogP contribution in [0.3, 0.4) is 0 Å². The molecule has 23 heavy (non-hydrogen) atoms. The first-order valence-electron chi connectivity index (χ1n) is 8.36. The van der Waals surface area contributed by atoms with Crippen molar-refractivity contribution in [3.8, 4) is 11.3 Å². The Morgan fingerprint density at radius 1 is 1.35 bits per heavy atom. The van der Waals surface area contributed by atoms with Crippen LogP contribution in [0.4, 0.5) is 0 Å².